The van der Waals surface area contributed by atoms with Gasteiger partial charge in [-0.3, -0.25) is 4.79 Å². The van der Waals surface area contributed by atoms with Crippen LogP contribution in [0.5, 0.6) is 0 Å². The highest BCUT2D eigenvalue weighted by atomic mass is 16.6. The van der Waals surface area contributed by atoms with Crippen LogP contribution in [0.25, 0.3) is 0 Å². The van der Waals surface area contributed by atoms with E-state index >= 15 is 0 Å². The molecule has 0 radical (unpaired) electrons. The van der Waals surface area contributed by atoms with Crippen molar-refractivity contribution in [2.45, 2.75) is 12.6 Å². The van der Waals surface area contributed by atoms with Gasteiger partial charge in [-0.2, -0.15) is 0 Å². The molecule has 1 aromatic rings. The van der Waals surface area contributed by atoms with Gasteiger partial charge in [0.1, 0.15) is 12.2 Å². The quantitative estimate of drug-likeness (QED) is 0.766. The summed E-state index contributed by atoms with van der Waals surface area (Å²) in [5, 5.41) is 11.6. The van der Waals surface area contributed by atoms with Crippen molar-refractivity contribution < 1.29 is 24.2 Å². The Morgan fingerprint density at radius 2 is 2.32 bits per heavy atom. The molecule has 1 atom stereocenters. The Balaban J connectivity index is 1.80. The van der Waals surface area contributed by atoms with E-state index in [0.717, 1.165) is 0 Å². The Labute approximate surface area is 110 Å². The fourth-order valence-electron chi connectivity index (χ4n) is 1.84. The smallest absolute Gasteiger partial charge is 0.352 e. The van der Waals surface area contributed by atoms with E-state index in [1.54, 1.807) is 12.3 Å². The third kappa shape index (κ3) is 3.80. The monoisotopic (exact) mass is 268 g/mol. The van der Waals surface area contributed by atoms with Crippen molar-refractivity contribution in [3.8, 4) is 0 Å². The Kier molecular flexibility index (Phi) is 4.53. The number of nitrogens with zero attached hydrogens (tertiary/aromatic N) is 1. The number of amides is 1. The van der Waals surface area contributed by atoms with Gasteiger partial charge in [0.2, 0.25) is 5.91 Å². The van der Waals surface area contributed by atoms with Crippen LogP contribution in [0.4, 0.5) is 0 Å². The number of carboxylic acid groups (broad SMARTS) is 1. The number of carboxylic acids is 1. The first-order chi connectivity index (χ1) is 9.16. The van der Waals surface area contributed by atoms with Crippen LogP contribution in [0.15, 0.2) is 18.3 Å². The Morgan fingerprint density at radius 3 is 3.00 bits per heavy atom. The number of hydrogen-bond acceptors (Lipinski definition) is 4. The summed E-state index contributed by atoms with van der Waals surface area (Å²) in [6.45, 7) is 1.91. The molecule has 1 fully saturated rings. The van der Waals surface area contributed by atoms with Crippen LogP contribution < -0.4 is 5.32 Å². The molecule has 0 bridgehead atoms. The molecular weight excluding hydrogens is 252 g/mol. The molecule has 1 aromatic heterocycles. The van der Waals surface area contributed by atoms with Crippen molar-refractivity contribution in [1.29, 1.82) is 0 Å². The SMILES string of the molecule is O=C(Cn1cccc1C(=O)O)NCC1COCCO1. The van der Waals surface area contributed by atoms with Crippen molar-refractivity contribution in [2.24, 2.45) is 0 Å². The van der Waals surface area contributed by atoms with Crippen molar-refractivity contribution >= 4 is 11.9 Å². The second-order valence-corrected chi connectivity index (χ2v) is 4.20. The fraction of sp³-hybridized carbons (Fsp3) is 0.500. The molecule has 2 N–H and O–H groups in total. The summed E-state index contributed by atoms with van der Waals surface area (Å²) in [7, 11) is 0. The minimum atomic E-state index is -1.05. The third-order valence-electron chi connectivity index (χ3n) is 2.77. The van der Waals surface area contributed by atoms with E-state index in [-0.39, 0.29) is 24.2 Å². The second kappa shape index (κ2) is 6.35. The van der Waals surface area contributed by atoms with Crippen LogP contribution in [-0.4, -0.2) is 54.0 Å². The van der Waals surface area contributed by atoms with Gasteiger partial charge >= 0.3 is 5.97 Å². The van der Waals surface area contributed by atoms with Crippen LogP contribution in [0.3, 0.4) is 0 Å². The number of aromatic nitrogens is 1. The molecular formula is C12H16N2O5. The van der Waals surface area contributed by atoms with E-state index in [2.05, 4.69) is 5.32 Å². The summed E-state index contributed by atoms with van der Waals surface area (Å²) in [6, 6.07) is 3.04. The first-order valence-electron chi connectivity index (χ1n) is 6.01. The Morgan fingerprint density at radius 1 is 1.47 bits per heavy atom. The number of nitrogens with one attached hydrogen (secondary N) is 1. The average Bonchev–Trinajstić information content (AvgIpc) is 2.86. The predicted molar refractivity (Wildman–Crippen MR) is 65.0 cm³/mol. The van der Waals surface area contributed by atoms with Crippen molar-refractivity contribution in [3.05, 3.63) is 24.0 Å². The van der Waals surface area contributed by atoms with E-state index in [4.69, 9.17) is 14.6 Å². The van der Waals surface area contributed by atoms with Crippen LogP contribution in [-0.2, 0) is 20.8 Å². The van der Waals surface area contributed by atoms with Gasteiger partial charge in [0.15, 0.2) is 0 Å². The summed E-state index contributed by atoms with van der Waals surface area (Å²) < 4.78 is 12.0. The van der Waals surface area contributed by atoms with E-state index in [9.17, 15) is 9.59 Å². The van der Waals surface area contributed by atoms with E-state index < -0.39 is 5.97 Å². The molecule has 0 saturated carbocycles. The first kappa shape index (κ1) is 13.6. The van der Waals surface area contributed by atoms with E-state index in [0.29, 0.717) is 26.4 Å². The molecule has 1 aliphatic heterocycles. The standard InChI is InChI=1S/C12H16N2O5/c15-11(13-6-9-8-18-4-5-19-9)7-14-3-1-2-10(14)12(16)17/h1-3,9H,4-8H2,(H,13,15)(H,16,17). The summed E-state index contributed by atoms with van der Waals surface area (Å²) in [4.78, 5) is 22.6. The van der Waals surface area contributed by atoms with Crippen LogP contribution >= 0.6 is 0 Å². The normalized spacial score (nSPS) is 19.1. The Bertz CT molecular complexity index is 451. The molecule has 1 amide bonds. The highest BCUT2D eigenvalue weighted by Gasteiger charge is 2.16. The molecule has 1 saturated heterocycles. The zero-order valence-corrected chi connectivity index (χ0v) is 10.4. The summed E-state index contributed by atoms with van der Waals surface area (Å²) >= 11 is 0. The maximum Gasteiger partial charge on any atom is 0.352 e. The summed E-state index contributed by atoms with van der Waals surface area (Å²) in [5.74, 6) is -1.31. The molecule has 7 nitrogen and oxygen atoms in total. The van der Waals surface area contributed by atoms with Crippen LogP contribution in [0.1, 0.15) is 10.5 Å². The molecule has 1 unspecified atom stereocenters. The van der Waals surface area contributed by atoms with Gasteiger partial charge in [0, 0.05) is 12.7 Å². The van der Waals surface area contributed by atoms with Crippen molar-refractivity contribution in [1.82, 2.24) is 9.88 Å². The van der Waals surface area contributed by atoms with Crippen molar-refractivity contribution in [2.75, 3.05) is 26.4 Å². The van der Waals surface area contributed by atoms with E-state index in [1.165, 1.54) is 10.6 Å². The number of carbonyl (C=O) groups is 2. The molecule has 7 heteroatoms. The highest BCUT2D eigenvalue weighted by molar-refractivity contribution is 5.86. The number of rotatable bonds is 5. The summed E-state index contributed by atoms with van der Waals surface area (Å²) in [6.07, 6.45) is 1.42. The lowest BCUT2D eigenvalue weighted by Crippen LogP contribution is -2.40. The minimum Gasteiger partial charge on any atom is -0.477 e. The fourth-order valence-corrected chi connectivity index (χ4v) is 1.84. The summed E-state index contributed by atoms with van der Waals surface area (Å²) in [5.41, 5.74) is 0.0902. The molecule has 2 heterocycles. The topological polar surface area (TPSA) is 89.8 Å². The van der Waals surface area contributed by atoms with Crippen LogP contribution in [0, 0.1) is 0 Å². The predicted octanol–water partition coefficient (Wildman–Crippen LogP) is -0.282. The maximum atomic E-state index is 11.7. The maximum absolute atomic E-state index is 11.7. The molecule has 0 aliphatic carbocycles. The lowest BCUT2D eigenvalue weighted by atomic mass is 10.3. The third-order valence-corrected chi connectivity index (χ3v) is 2.77. The largest absolute Gasteiger partial charge is 0.477 e. The van der Waals surface area contributed by atoms with Gasteiger partial charge < -0.3 is 24.5 Å². The van der Waals surface area contributed by atoms with Gasteiger partial charge in [0.05, 0.1) is 25.9 Å². The van der Waals surface area contributed by atoms with Gasteiger partial charge in [-0.05, 0) is 12.1 Å². The molecule has 1 aliphatic rings. The highest BCUT2D eigenvalue weighted by Crippen LogP contribution is 2.02. The lowest BCUT2D eigenvalue weighted by Gasteiger charge is -2.23. The minimum absolute atomic E-state index is 0.0256. The molecule has 104 valence electrons. The number of aromatic carboxylic acids is 1. The van der Waals surface area contributed by atoms with Crippen molar-refractivity contribution in [3.63, 3.8) is 0 Å². The first-order valence-corrected chi connectivity index (χ1v) is 6.01. The van der Waals surface area contributed by atoms with Crippen LogP contribution in [0.2, 0.25) is 0 Å². The number of ether oxygens (including phenoxy) is 2. The Hall–Kier alpha value is -1.86. The second-order valence-electron chi connectivity index (χ2n) is 4.20. The number of carbonyl (C=O) groups excluding carboxylic acids is 1. The molecule has 0 aromatic carbocycles. The van der Waals surface area contributed by atoms with Gasteiger partial charge in [0.25, 0.3) is 0 Å². The van der Waals surface area contributed by atoms with Gasteiger partial charge in [-0.1, -0.05) is 0 Å². The number of hydrogen-bond donors (Lipinski definition) is 2. The van der Waals surface area contributed by atoms with E-state index in [1.807, 2.05) is 0 Å². The van der Waals surface area contributed by atoms with Gasteiger partial charge in [-0.25, -0.2) is 4.79 Å². The average molecular weight is 268 g/mol. The van der Waals surface area contributed by atoms with Gasteiger partial charge in [-0.15, -0.1) is 0 Å². The zero-order valence-electron chi connectivity index (χ0n) is 10.4. The zero-order chi connectivity index (χ0) is 13.7. The molecule has 2 rings (SSSR count). The molecule has 19 heavy (non-hydrogen) atoms. The molecule has 0 spiro atoms. The lowest BCUT2D eigenvalue weighted by molar-refractivity contribution is -0.124.